The summed E-state index contributed by atoms with van der Waals surface area (Å²) < 4.78 is 5.53. The molecular formula is C20H17N5O4. The molecule has 0 saturated heterocycles. The van der Waals surface area contributed by atoms with Crippen molar-refractivity contribution in [2.45, 2.75) is 6.92 Å². The molecule has 0 aliphatic heterocycles. The summed E-state index contributed by atoms with van der Waals surface area (Å²) in [6, 6.07) is 16.6. The van der Waals surface area contributed by atoms with Crippen LogP contribution in [0.2, 0.25) is 0 Å². The largest absolute Gasteiger partial charge is 0.439 e. The Labute approximate surface area is 166 Å². The molecular weight excluding hydrogens is 374 g/mol. The maximum atomic E-state index is 11.9. The standard InChI is InChI=1S/C20H17N5O4/c1-14-4-2-3-5-18(14)23-20(26)24-22-12-15-6-9-17(10-7-15)29-19-11-8-16(13-21-19)25(27)28/h2-13H,1H3,(H2,23,24,26). The van der Waals surface area contributed by atoms with Gasteiger partial charge in [-0.2, -0.15) is 5.10 Å². The first-order valence-electron chi connectivity index (χ1n) is 8.55. The van der Waals surface area contributed by atoms with Crippen molar-refractivity contribution in [1.29, 1.82) is 0 Å². The lowest BCUT2D eigenvalue weighted by molar-refractivity contribution is -0.385. The molecule has 2 aromatic carbocycles. The van der Waals surface area contributed by atoms with Crippen molar-refractivity contribution >= 4 is 23.6 Å². The average molecular weight is 391 g/mol. The molecule has 3 rings (SSSR count). The smallest absolute Gasteiger partial charge is 0.339 e. The summed E-state index contributed by atoms with van der Waals surface area (Å²) in [5.74, 6) is 0.750. The quantitative estimate of drug-likeness (QED) is 0.370. The molecule has 3 aromatic rings. The third-order valence-corrected chi connectivity index (χ3v) is 3.81. The maximum absolute atomic E-state index is 11.9. The molecule has 9 heteroatoms. The van der Waals surface area contributed by atoms with Gasteiger partial charge in [0.1, 0.15) is 11.9 Å². The zero-order valence-corrected chi connectivity index (χ0v) is 15.4. The molecule has 0 unspecified atom stereocenters. The maximum Gasteiger partial charge on any atom is 0.339 e. The van der Waals surface area contributed by atoms with Gasteiger partial charge in [-0.05, 0) is 48.4 Å². The molecule has 29 heavy (non-hydrogen) atoms. The van der Waals surface area contributed by atoms with Gasteiger partial charge in [-0.25, -0.2) is 15.2 Å². The number of rotatable bonds is 6. The fraction of sp³-hybridized carbons (Fsp3) is 0.0500. The first-order chi connectivity index (χ1) is 14.0. The predicted octanol–water partition coefficient (Wildman–Crippen LogP) is 4.25. The highest BCUT2D eigenvalue weighted by Gasteiger charge is 2.06. The average Bonchev–Trinajstić information content (AvgIpc) is 2.71. The van der Waals surface area contributed by atoms with Crippen LogP contribution in [0.4, 0.5) is 16.2 Å². The van der Waals surface area contributed by atoms with Crippen molar-refractivity contribution in [2.75, 3.05) is 5.32 Å². The number of aryl methyl sites for hydroxylation is 1. The van der Waals surface area contributed by atoms with Crippen LogP contribution in [0.5, 0.6) is 11.6 Å². The number of hydrazone groups is 1. The van der Waals surface area contributed by atoms with Crippen molar-refractivity contribution < 1.29 is 14.5 Å². The van der Waals surface area contributed by atoms with E-state index >= 15 is 0 Å². The molecule has 0 aliphatic carbocycles. The number of aromatic nitrogens is 1. The van der Waals surface area contributed by atoms with Crippen molar-refractivity contribution in [3.8, 4) is 11.6 Å². The predicted molar refractivity (Wildman–Crippen MR) is 108 cm³/mol. The number of carbonyl (C=O) groups excluding carboxylic acids is 1. The highest BCUT2D eigenvalue weighted by atomic mass is 16.6. The number of nitrogens with one attached hydrogen (secondary N) is 2. The van der Waals surface area contributed by atoms with Gasteiger partial charge in [0.05, 0.1) is 11.1 Å². The monoisotopic (exact) mass is 391 g/mol. The molecule has 0 radical (unpaired) electrons. The Morgan fingerprint density at radius 1 is 1.14 bits per heavy atom. The highest BCUT2D eigenvalue weighted by Crippen LogP contribution is 2.21. The van der Waals surface area contributed by atoms with Crippen LogP contribution < -0.4 is 15.5 Å². The zero-order valence-electron chi connectivity index (χ0n) is 15.4. The second-order valence-corrected chi connectivity index (χ2v) is 5.92. The Morgan fingerprint density at radius 2 is 1.90 bits per heavy atom. The fourth-order valence-electron chi connectivity index (χ4n) is 2.31. The molecule has 0 aliphatic rings. The van der Waals surface area contributed by atoms with Crippen LogP contribution in [0.25, 0.3) is 0 Å². The van der Waals surface area contributed by atoms with E-state index in [1.165, 1.54) is 18.3 Å². The number of pyridine rings is 1. The van der Waals surface area contributed by atoms with E-state index in [-0.39, 0.29) is 11.6 Å². The minimum atomic E-state index is -0.528. The normalized spacial score (nSPS) is 10.5. The molecule has 1 heterocycles. The zero-order chi connectivity index (χ0) is 20.6. The first-order valence-corrected chi connectivity index (χ1v) is 8.55. The topological polar surface area (TPSA) is 119 Å². The van der Waals surface area contributed by atoms with Crippen molar-refractivity contribution in [3.05, 3.63) is 88.1 Å². The second-order valence-electron chi connectivity index (χ2n) is 5.92. The lowest BCUT2D eigenvalue weighted by Gasteiger charge is -2.06. The van der Waals surface area contributed by atoms with Crippen molar-refractivity contribution in [1.82, 2.24) is 10.4 Å². The van der Waals surface area contributed by atoms with Crippen LogP contribution >= 0.6 is 0 Å². The molecule has 1 aromatic heterocycles. The van der Waals surface area contributed by atoms with Crippen LogP contribution in [-0.4, -0.2) is 22.2 Å². The van der Waals surface area contributed by atoms with Gasteiger partial charge in [-0.1, -0.05) is 18.2 Å². The molecule has 2 amide bonds. The Balaban J connectivity index is 1.52. The number of amides is 2. The van der Waals surface area contributed by atoms with Crippen LogP contribution in [0.15, 0.2) is 72.0 Å². The van der Waals surface area contributed by atoms with Crippen molar-refractivity contribution in [3.63, 3.8) is 0 Å². The Hall–Kier alpha value is -4.27. The van der Waals surface area contributed by atoms with Gasteiger partial charge in [0, 0.05) is 17.8 Å². The number of hydrogen-bond acceptors (Lipinski definition) is 6. The van der Waals surface area contributed by atoms with Gasteiger partial charge in [0.25, 0.3) is 5.69 Å². The number of carbonyl (C=O) groups is 1. The van der Waals surface area contributed by atoms with Gasteiger partial charge in [0.2, 0.25) is 5.88 Å². The number of nitro groups is 1. The summed E-state index contributed by atoms with van der Waals surface area (Å²) in [4.78, 5) is 25.9. The number of ether oxygens (including phenoxy) is 1. The van der Waals surface area contributed by atoms with Gasteiger partial charge < -0.3 is 10.1 Å². The molecule has 0 fully saturated rings. The number of benzene rings is 2. The van der Waals surface area contributed by atoms with E-state index in [1.54, 1.807) is 30.3 Å². The molecule has 9 nitrogen and oxygen atoms in total. The molecule has 0 saturated carbocycles. The Kier molecular flexibility index (Phi) is 6.11. The van der Waals surface area contributed by atoms with E-state index in [0.29, 0.717) is 11.4 Å². The van der Waals surface area contributed by atoms with Crippen LogP contribution in [0, 0.1) is 17.0 Å². The molecule has 0 atom stereocenters. The van der Waals surface area contributed by atoms with Gasteiger partial charge in [0.15, 0.2) is 0 Å². The molecule has 0 spiro atoms. The van der Waals surface area contributed by atoms with E-state index in [1.807, 2.05) is 25.1 Å². The third kappa shape index (κ3) is 5.60. The van der Waals surface area contributed by atoms with E-state index < -0.39 is 11.0 Å². The summed E-state index contributed by atoms with van der Waals surface area (Å²) in [6.45, 7) is 1.90. The minimum absolute atomic E-state index is 0.108. The Bertz CT molecular complexity index is 1030. The molecule has 0 bridgehead atoms. The van der Waals surface area contributed by atoms with Crippen molar-refractivity contribution in [2.24, 2.45) is 5.10 Å². The van der Waals surface area contributed by atoms with E-state index in [9.17, 15) is 14.9 Å². The fourth-order valence-corrected chi connectivity index (χ4v) is 2.31. The lowest BCUT2D eigenvalue weighted by atomic mass is 10.2. The van der Waals surface area contributed by atoms with Crippen LogP contribution in [-0.2, 0) is 0 Å². The number of urea groups is 1. The summed E-state index contributed by atoms with van der Waals surface area (Å²) in [5.41, 5.74) is 4.69. The summed E-state index contributed by atoms with van der Waals surface area (Å²) >= 11 is 0. The first kappa shape index (κ1) is 19.5. The molecule has 2 N–H and O–H groups in total. The van der Waals surface area contributed by atoms with Crippen LogP contribution in [0.3, 0.4) is 0 Å². The van der Waals surface area contributed by atoms with Crippen LogP contribution in [0.1, 0.15) is 11.1 Å². The van der Waals surface area contributed by atoms with Gasteiger partial charge >= 0.3 is 6.03 Å². The van der Waals surface area contributed by atoms with E-state index in [4.69, 9.17) is 4.74 Å². The second kappa shape index (κ2) is 9.09. The summed E-state index contributed by atoms with van der Waals surface area (Å²) in [6.07, 6.45) is 2.62. The summed E-state index contributed by atoms with van der Waals surface area (Å²) in [7, 11) is 0. The Morgan fingerprint density at radius 3 is 2.55 bits per heavy atom. The molecule has 146 valence electrons. The van der Waals surface area contributed by atoms with Gasteiger partial charge in [-0.3, -0.25) is 10.1 Å². The SMILES string of the molecule is Cc1ccccc1NC(=O)NN=Cc1ccc(Oc2ccc([N+](=O)[O-])cn2)cc1. The van der Waals surface area contributed by atoms with E-state index in [0.717, 1.165) is 17.3 Å². The van der Waals surface area contributed by atoms with Gasteiger partial charge in [-0.15, -0.1) is 0 Å². The third-order valence-electron chi connectivity index (χ3n) is 3.81. The number of para-hydroxylation sites is 1. The number of hydrogen-bond donors (Lipinski definition) is 2. The lowest BCUT2D eigenvalue weighted by Crippen LogP contribution is -2.24. The number of anilines is 1. The van der Waals surface area contributed by atoms with E-state index in [2.05, 4.69) is 20.8 Å². The minimum Gasteiger partial charge on any atom is -0.439 e. The number of nitrogens with zero attached hydrogens (tertiary/aromatic N) is 3. The highest BCUT2D eigenvalue weighted by molar-refractivity contribution is 5.91. The summed E-state index contributed by atoms with van der Waals surface area (Å²) in [5, 5.41) is 17.2.